The largest absolute Gasteiger partial charge is 0.336 e. The van der Waals surface area contributed by atoms with E-state index < -0.39 is 0 Å². The highest BCUT2D eigenvalue weighted by Gasteiger charge is 2.32. The van der Waals surface area contributed by atoms with Crippen LogP contribution in [-0.4, -0.2) is 66.0 Å². The smallest absolute Gasteiger partial charge is 0.273 e. The summed E-state index contributed by atoms with van der Waals surface area (Å²) in [6, 6.07) is 8.09. The molecule has 1 amide bonds. The van der Waals surface area contributed by atoms with E-state index in [4.69, 9.17) is 11.6 Å². The average molecular weight is 413 g/mol. The van der Waals surface area contributed by atoms with Crippen molar-refractivity contribution in [3.8, 4) is 10.6 Å². The molecule has 1 unspecified atom stereocenters. The zero-order valence-corrected chi connectivity index (χ0v) is 16.7. The highest BCUT2D eigenvalue weighted by molar-refractivity contribution is 7.13. The van der Waals surface area contributed by atoms with Crippen LogP contribution in [0.2, 0.25) is 5.02 Å². The Labute approximate surface area is 168 Å². The summed E-state index contributed by atoms with van der Waals surface area (Å²) < 4.78 is 0. The monoisotopic (exact) mass is 412 g/mol. The van der Waals surface area contributed by atoms with E-state index in [9.17, 15) is 4.79 Å². The third-order valence-electron chi connectivity index (χ3n) is 4.95. The molecule has 0 spiro atoms. The summed E-state index contributed by atoms with van der Waals surface area (Å²) in [5.41, 5.74) is 1.41. The number of piperazine rings is 1. The number of hydrogen-bond acceptors (Lipinski definition) is 5. The minimum absolute atomic E-state index is 0. The number of thiazole rings is 1. The van der Waals surface area contributed by atoms with Gasteiger partial charge in [0.1, 0.15) is 10.7 Å². The molecule has 1 N–H and O–H groups in total. The standard InChI is InChI=1S/C18H21ClN4OS.ClH/c19-15-4-2-1-3-14(15)17-21-16(12-25-17)18(24)23-8-5-13(11-23)22-9-6-20-7-10-22;/h1-4,12-13,20H,5-11H2;1H. The number of carbonyl (C=O) groups excluding carboxylic acids is 1. The van der Waals surface area contributed by atoms with Crippen LogP contribution in [0.3, 0.4) is 0 Å². The van der Waals surface area contributed by atoms with Crippen molar-refractivity contribution in [1.82, 2.24) is 20.1 Å². The SMILES string of the molecule is Cl.O=C(c1csc(-c2ccccc2Cl)n1)N1CCC(N2CCNCC2)C1. The molecule has 0 radical (unpaired) electrons. The lowest BCUT2D eigenvalue weighted by Crippen LogP contribution is -2.49. The lowest BCUT2D eigenvalue weighted by molar-refractivity contribution is 0.0768. The fourth-order valence-corrected chi connectivity index (χ4v) is 4.68. The molecule has 140 valence electrons. The molecule has 3 heterocycles. The van der Waals surface area contributed by atoms with Crippen LogP contribution in [-0.2, 0) is 0 Å². The van der Waals surface area contributed by atoms with Gasteiger partial charge < -0.3 is 10.2 Å². The van der Waals surface area contributed by atoms with Crippen molar-refractivity contribution in [3.63, 3.8) is 0 Å². The molecule has 0 bridgehead atoms. The first-order chi connectivity index (χ1) is 12.2. The molecule has 2 aliphatic heterocycles. The van der Waals surface area contributed by atoms with Crippen LogP contribution in [0, 0.1) is 0 Å². The van der Waals surface area contributed by atoms with Crippen molar-refractivity contribution in [1.29, 1.82) is 0 Å². The Morgan fingerprint density at radius 3 is 2.77 bits per heavy atom. The van der Waals surface area contributed by atoms with Crippen LogP contribution >= 0.6 is 35.3 Å². The minimum atomic E-state index is 0. The Bertz CT molecular complexity index is 763. The molecule has 2 fully saturated rings. The highest BCUT2D eigenvalue weighted by Crippen LogP contribution is 2.30. The molecule has 2 aliphatic rings. The van der Waals surface area contributed by atoms with Gasteiger partial charge in [-0.3, -0.25) is 9.69 Å². The van der Waals surface area contributed by atoms with Crippen molar-refractivity contribution in [2.75, 3.05) is 39.3 Å². The number of carbonyl (C=O) groups is 1. The van der Waals surface area contributed by atoms with E-state index in [1.54, 1.807) is 0 Å². The Kier molecular flexibility index (Phi) is 6.53. The first-order valence-electron chi connectivity index (χ1n) is 8.67. The van der Waals surface area contributed by atoms with Gasteiger partial charge in [0.25, 0.3) is 5.91 Å². The summed E-state index contributed by atoms with van der Waals surface area (Å²) >= 11 is 7.71. The van der Waals surface area contributed by atoms with Gasteiger partial charge in [-0.05, 0) is 12.5 Å². The second-order valence-corrected chi connectivity index (χ2v) is 7.76. The Hall–Kier alpha value is -1.18. The van der Waals surface area contributed by atoms with Gasteiger partial charge in [-0.15, -0.1) is 23.7 Å². The highest BCUT2D eigenvalue weighted by atomic mass is 35.5. The number of hydrogen-bond donors (Lipinski definition) is 1. The molecule has 5 nitrogen and oxygen atoms in total. The van der Waals surface area contributed by atoms with E-state index in [1.165, 1.54) is 11.3 Å². The van der Waals surface area contributed by atoms with Gasteiger partial charge in [0.05, 0.1) is 5.02 Å². The Balaban J connectivity index is 0.00000196. The lowest BCUT2D eigenvalue weighted by atomic mass is 10.2. The lowest BCUT2D eigenvalue weighted by Gasteiger charge is -2.32. The van der Waals surface area contributed by atoms with Crippen LogP contribution < -0.4 is 5.32 Å². The van der Waals surface area contributed by atoms with Gasteiger partial charge in [-0.2, -0.15) is 0 Å². The fourth-order valence-electron chi connectivity index (χ4n) is 3.56. The van der Waals surface area contributed by atoms with E-state index in [0.717, 1.165) is 56.3 Å². The van der Waals surface area contributed by atoms with E-state index in [-0.39, 0.29) is 18.3 Å². The van der Waals surface area contributed by atoms with Gasteiger partial charge in [0.15, 0.2) is 0 Å². The van der Waals surface area contributed by atoms with E-state index in [1.807, 2.05) is 34.5 Å². The predicted octanol–water partition coefficient (Wildman–Crippen LogP) is 3.01. The first kappa shape index (κ1) is 19.6. The fraction of sp³-hybridized carbons (Fsp3) is 0.444. The average Bonchev–Trinajstić information content (AvgIpc) is 3.32. The summed E-state index contributed by atoms with van der Waals surface area (Å²) in [5, 5.41) is 6.69. The van der Waals surface area contributed by atoms with Crippen molar-refractivity contribution in [3.05, 3.63) is 40.4 Å². The van der Waals surface area contributed by atoms with E-state index >= 15 is 0 Å². The number of nitrogens with zero attached hydrogens (tertiary/aromatic N) is 3. The number of aromatic nitrogens is 1. The van der Waals surface area contributed by atoms with Crippen LogP contribution in [0.5, 0.6) is 0 Å². The molecule has 2 saturated heterocycles. The van der Waals surface area contributed by atoms with E-state index in [2.05, 4.69) is 15.2 Å². The number of benzene rings is 1. The topological polar surface area (TPSA) is 48.5 Å². The quantitative estimate of drug-likeness (QED) is 0.841. The molecule has 8 heteroatoms. The molecule has 1 aromatic carbocycles. The van der Waals surface area contributed by atoms with Crippen LogP contribution in [0.15, 0.2) is 29.6 Å². The van der Waals surface area contributed by atoms with E-state index in [0.29, 0.717) is 16.8 Å². The number of amides is 1. The second kappa shape index (κ2) is 8.67. The Morgan fingerprint density at radius 2 is 2.00 bits per heavy atom. The maximum absolute atomic E-state index is 12.8. The molecule has 1 aromatic heterocycles. The molecule has 26 heavy (non-hydrogen) atoms. The van der Waals surface area contributed by atoms with Crippen molar-refractivity contribution in [2.24, 2.45) is 0 Å². The van der Waals surface area contributed by atoms with Crippen molar-refractivity contribution < 1.29 is 4.79 Å². The van der Waals surface area contributed by atoms with Crippen molar-refractivity contribution in [2.45, 2.75) is 12.5 Å². The zero-order chi connectivity index (χ0) is 17.2. The third-order valence-corrected chi connectivity index (χ3v) is 6.15. The normalized spacial score (nSPS) is 20.8. The maximum Gasteiger partial charge on any atom is 0.273 e. The van der Waals surface area contributed by atoms with Gasteiger partial charge in [-0.25, -0.2) is 4.98 Å². The molecule has 4 rings (SSSR count). The molecular formula is C18H22Cl2N4OS. The minimum Gasteiger partial charge on any atom is -0.336 e. The Morgan fingerprint density at radius 1 is 1.23 bits per heavy atom. The summed E-state index contributed by atoms with van der Waals surface area (Å²) in [7, 11) is 0. The van der Waals surface area contributed by atoms with Gasteiger partial charge in [-0.1, -0.05) is 29.8 Å². The molecule has 2 aromatic rings. The van der Waals surface area contributed by atoms with Crippen LogP contribution in [0.25, 0.3) is 10.6 Å². The number of rotatable bonds is 3. The first-order valence-corrected chi connectivity index (χ1v) is 9.92. The molecule has 0 saturated carbocycles. The summed E-state index contributed by atoms with van der Waals surface area (Å²) in [6.07, 6.45) is 1.05. The summed E-state index contributed by atoms with van der Waals surface area (Å²) in [4.78, 5) is 21.8. The summed E-state index contributed by atoms with van der Waals surface area (Å²) in [5.74, 6) is 0.0344. The van der Waals surface area contributed by atoms with Crippen LogP contribution in [0.4, 0.5) is 0 Å². The van der Waals surface area contributed by atoms with Gasteiger partial charge in [0, 0.05) is 56.3 Å². The second-order valence-electron chi connectivity index (χ2n) is 6.50. The molecule has 0 aliphatic carbocycles. The van der Waals surface area contributed by atoms with Gasteiger partial charge >= 0.3 is 0 Å². The van der Waals surface area contributed by atoms with Crippen molar-refractivity contribution >= 4 is 41.3 Å². The summed E-state index contributed by atoms with van der Waals surface area (Å²) in [6.45, 7) is 5.83. The number of nitrogens with one attached hydrogen (secondary N) is 1. The third kappa shape index (κ3) is 4.05. The van der Waals surface area contributed by atoms with Crippen LogP contribution in [0.1, 0.15) is 16.9 Å². The number of halogens is 2. The molecular weight excluding hydrogens is 391 g/mol. The van der Waals surface area contributed by atoms with Gasteiger partial charge in [0.2, 0.25) is 0 Å². The predicted molar refractivity (Wildman–Crippen MR) is 109 cm³/mol. The molecule has 1 atom stereocenters. The number of likely N-dealkylation sites (tertiary alicyclic amines) is 1. The maximum atomic E-state index is 12.8. The zero-order valence-electron chi connectivity index (χ0n) is 14.4.